The van der Waals surface area contributed by atoms with E-state index < -0.39 is 18.4 Å². The highest BCUT2D eigenvalue weighted by molar-refractivity contribution is 5.92. The number of ether oxygens (including phenoxy) is 1. The van der Waals surface area contributed by atoms with E-state index in [9.17, 15) is 19.4 Å². The van der Waals surface area contributed by atoms with Gasteiger partial charge in [0, 0.05) is 25.2 Å². The molecule has 3 atom stereocenters. The smallest absolute Gasteiger partial charge is 0.248 e. The Labute approximate surface area is 129 Å². The van der Waals surface area contributed by atoms with Gasteiger partial charge in [0.05, 0.1) is 0 Å². The van der Waals surface area contributed by atoms with Crippen molar-refractivity contribution in [2.75, 3.05) is 13.6 Å². The number of likely N-dealkylation sites (N-methyl/N-ethyl adjacent to an activating group) is 1. The van der Waals surface area contributed by atoms with Crippen LogP contribution in [0.1, 0.15) is 27.2 Å². The average molecular weight is 314 g/mol. The second-order valence-corrected chi connectivity index (χ2v) is 4.29. The first kappa shape index (κ1) is 19.8. The minimum Gasteiger partial charge on any atom is -0.355 e. The average Bonchev–Trinajstić information content (AvgIpc) is 2.96. The summed E-state index contributed by atoms with van der Waals surface area (Å²) >= 11 is 0. The van der Waals surface area contributed by atoms with Crippen LogP contribution in [0.3, 0.4) is 0 Å². The van der Waals surface area contributed by atoms with Gasteiger partial charge in [0.15, 0.2) is 0 Å². The molecular formula is C13H22N4O5. The van der Waals surface area contributed by atoms with Crippen LogP contribution in [0, 0.1) is 9.81 Å². The van der Waals surface area contributed by atoms with Crippen LogP contribution in [0.2, 0.25) is 0 Å². The molecule has 22 heavy (non-hydrogen) atoms. The summed E-state index contributed by atoms with van der Waals surface area (Å²) < 4.78 is 5.40. The van der Waals surface area contributed by atoms with Crippen molar-refractivity contribution in [3.8, 4) is 0 Å². The third kappa shape index (κ3) is 5.32. The van der Waals surface area contributed by atoms with Crippen LogP contribution in [0.5, 0.6) is 0 Å². The topological polar surface area (TPSA) is 118 Å². The molecule has 0 bridgehead atoms. The molecule has 0 aromatic rings. The molecule has 0 spiro atoms. The summed E-state index contributed by atoms with van der Waals surface area (Å²) in [5, 5.41) is 7.96. The van der Waals surface area contributed by atoms with E-state index in [2.05, 4.69) is 15.7 Å². The molecule has 9 nitrogen and oxygen atoms in total. The largest absolute Gasteiger partial charge is 0.355 e. The van der Waals surface area contributed by atoms with Gasteiger partial charge in [-0.25, -0.2) is 0 Å². The van der Waals surface area contributed by atoms with Crippen molar-refractivity contribution in [1.82, 2.24) is 10.2 Å². The number of nitrogens with zero attached hydrogens (tertiary/aromatic N) is 3. The van der Waals surface area contributed by atoms with Crippen molar-refractivity contribution in [2.24, 2.45) is 10.4 Å². The number of rotatable bonds is 7. The lowest BCUT2D eigenvalue weighted by atomic mass is 10.1. The Kier molecular flexibility index (Phi) is 9.51. The van der Waals surface area contributed by atoms with Crippen molar-refractivity contribution in [2.45, 2.75) is 45.6 Å². The maximum absolute atomic E-state index is 11.4. The zero-order valence-corrected chi connectivity index (χ0v) is 13.2. The van der Waals surface area contributed by atoms with Gasteiger partial charge in [-0.1, -0.05) is 24.2 Å². The summed E-state index contributed by atoms with van der Waals surface area (Å²) in [6, 6.07) is -0.742. The number of hydrogen-bond acceptors (Lipinski definition) is 7. The van der Waals surface area contributed by atoms with E-state index in [0.717, 1.165) is 4.90 Å². The number of amides is 2. The lowest BCUT2D eigenvalue weighted by Crippen LogP contribution is -2.31. The Hall–Kier alpha value is -2.16. The predicted molar refractivity (Wildman–Crippen MR) is 80.6 cm³/mol. The number of nitroso groups, excluding NO2 is 2. The van der Waals surface area contributed by atoms with E-state index in [1.807, 2.05) is 13.8 Å². The molecule has 0 radical (unpaired) electrons. The van der Waals surface area contributed by atoms with Gasteiger partial charge in [0.25, 0.3) is 0 Å². The highest BCUT2D eigenvalue weighted by Crippen LogP contribution is 2.26. The van der Waals surface area contributed by atoms with Gasteiger partial charge in [-0.05, 0) is 6.92 Å². The summed E-state index contributed by atoms with van der Waals surface area (Å²) in [6.07, 6.45) is 0.456. The lowest BCUT2D eigenvalue weighted by Gasteiger charge is -2.21. The SMILES string of the molecule is CC.CNC(=O)/C(C)=C\N(C=O)[C@H]1C[C@@H](N=O)C(CN=O)O1. The van der Waals surface area contributed by atoms with E-state index in [4.69, 9.17) is 4.74 Å². The Morgan fingerprint density at radius 3 is 2.50 bits per heavy atom. The van der Waals surface area contributed by atoms with Crippen LogP contribution in [0.15, 0.2) is 22.1 Å². The molecule has 1 unspecified atom stereocenters. The Morgan fingerprint density at radius 1 is 1.41 bits per heavy atom. The van der Waals surface area contributed by atoms with Gasteiger partial charge in [-0.15, -0.1) is 0 Å². The Morgan fingerprint density at radius 2 is 2.05 bits per heavy atom. The fraction of sp³-hybridized carbons (Fsp3) is 0.692. The quantitative estimate of drug-likeness (QED) is 0.429. The molecule has 2 amide bonds. The summed E-state index contributed by atoms with van der Waals surface area (Å²) in [7, 11) is 1.47. The first-order chi connectivity index (χ1) is 10.6. The standard InChI is InChI=1S/C11H16N4O5.C2H6/c1-7(11(17)12-2)5-15(6-16)10-3-8(14-19)9(20-10)4-13-18;1-2/h5-6,8-10H,3-4H2,1-2H3,(H,12,17);1-2H3/b7-5-;/t8-,9?,10-;/m1./s1. The molecular weight excluding hydrogens is 292 g/mol. The second-order valence-electron chi connectivity index (χ2n) is 4.29. The lowest BCUT2D eigenvalue weighted by molar-refractivity contribution is -0.126. The van der Waals surface area contributed by atoms with Crippen molar-refractivity contribution < 1.29 is 14.3 Å². The first-order valence-corrected chi connectivity index (χ1v) is 6.97. The summed E-state index contributed by atoms with van der Waals surface area (Å²) in [6.45, 7) is 5.32. The zero-order chi connectivity index (χ0) is 17.1. The molecule has 1 saturated heterocycles. The molecule has 1 heterocycles. The zero-order valence-electron chi connectivity index (χ0n) is 13.2. The van der Waals surface area contributed by atoms with Gasteiger partial charge < -0.3 is 10.1 Å². The van der Waals surface area contributed by atoms with Crippen molar-refractivity contribution in [3.63, 3.8) is 0 Å². The molecule has 0 aromatic carbocycles. The molecule has 1 N–H and O–H groups in total. The van der Waals surface area contributed by atoms with Crippen LogP contribution in [0.25, 0.3) is 0 Å². The molecule has 1 aliphatic heterocycles. The first-order valence-electron chi connectivity index (χ1n) is 6.97. The van der Waals surface area contributed by atoms with Gasteiger partial charge in [-0.3, -0.25) is 14.5 Å². The van der Waals surface area contributed by atoms with Gasteiger partial charge in [0.1, 0.15) is 24.9 Å². The van der Waals surface area contributed by atoms with Gasteiger partial charge in [0.2, 0.25) is 12.3 Å². The summed E-state index contributed by atoms with van der Waals surface area (Å²) in [4.78, 5) is 44.5. The van der Waals surface area contributed by atoms with E-state index in [0.29, 0.717) is 12.0 Å². The van der Waals surface area contributed by atoms with Crippen LogP contribution in [0.4, 0.5) is 0 Å². The molecule has 0 saturated carbocycles. The van der Waals surface area contributed by atoms with Gasteiger partial charge >= 0.3 is 0 Å². The fourth-order valence-corrected chi connectivity index (χ4v) is 1.91. The normalized spacial score (nSPS) is 23.8. The van der Waals surface area contributed by atoms with E-state index in [1.54, 1.807) is 0 Å². The summed E-state index contributed by atoms with van der Waals surface area (Å²) in [5.74, 6) is -0.342. The number of hydrogen-bond donors (Lipinski definition) is 1. The van der Waals surface area contributed by atoms with Crippen molar-refractivity contribution in [3.05, 3.63) is 21.6 Å². The summed E-state index contributed by atoms with van der Waals surface area (Å²) in [5.41, 5.74) is 0.302. The van der Waals surface area contributed by atoms with Crippen LogP contribution >= 0.6 is 0 Å². The maximum Gasteiger partial charge on any atom is 0.248 e. The van der Waals surface area contributed by atoms with Gasteiger partial charge in [-0.2, -0.15) is 9.81 Å². The molecule has 0 aliphatic carbocycles. The molecule has 0 aromatic heterocycles. The fourth-order valence-electron chi connectivity index (χ4n) is 1.91. The highest BCUT2D eigenvalue weighted by atomic mass is 16.5. The van der Waals surface area contributed by atoms with Crippen LogP contribution < -0.4 is 5.32 Å². The van der Waals surface area contributed by atoms with Crippen LogP contribution in [-0.2, 0) is 14.3 Å². The third-order valence-corrected chi connectivity index (χ3v) is 2.98. The molecule has 1 aliphatic rings. The third-order valence-electron chi connectivity index (χ3n) is 2.98. The van der Waals surface area contributed by atoms with Crippen LogP contribution in [-0.4, -0.2) is 49.2 Å². The number of carbonyl (C=O) groups is 2. The molecule has 1 rings (SSSR count). The van der Waals surface area contributed by atoms with Crippen molar-refractivity contribution >= 4 is 12.3 Å². The Balaban J connectivity index is 0.00000211. The second kappa shape index (κ2) is 10.6. The van der Waals surface area contributed by atoms with E-state index >= 15 is 0 Å². The maximum atomic E-state index is 11.4. The molecule has 9 heteroatoms. The number of carbonyl (C=O) groups excluding carboxylic acids is 2. The van der Waals surface area contributed by atoms with Crippen molar-refractivity contribution in [1.29, 1.82) is 0 Å². The molecule has 1 fully saturated rings. The minimum atomic E-state index is -0.749. The Bertz CT molecular complexity index is 427. The van der Waals surface area contributed by atoms with E-state index in [1.165, 1.54) is 20.2 Å². The minimum absolute atomic E-state index is 0.153. The van der Waals surface area contributed by atoms with E-state index in [-0.39, 0.29) is 18.9 Å². The monoisotopic (exact) mass is 314 g/mol. The number of nitrogens with one attached hydrogen (secondary N) is 1. The molecule has 124 valence electrons. The predicted octanol–water partition coefficient (Wildman–Crippen LogP) is 1.14. The highest BCUT2D eigenvalue weighted by Gasteiger charge is 2.39.